The average Bonchev–Trinajstić information content (AvgIpc) is 1.35. The smallest absolute Gasteiger partial charge is 0.246 e. The second-order valence-corrected chi connectivity index (χ2v) is 27.6. The highest BCUT2D eigenvalue weighted by Gasteiger charge is 2.59. The number of allylic oxidation sites excluding steroid dienone is 1. The Kier molecular flexibility index (Phi) is 24.4. The van der Waals surface area contributed by atoms with E-state index in [0.29, 0.717) is 67.6 Å². The Balaban J connectivity index is 0.763. The predicted octanol–water partition coefficient (Wildman–Crippen LogP) is 15.0. The van der Waals surface area contributed by atoms with Gasteiger partial charge in [0.1, 0.15) is 17.6 Å². The van der Waals surface area contributed by atoms with Gasteiger partial charge in [0.05, 0.1) is 25.9 Å². The molecule has 0 radical (unpaired) electrons. The number of nitrogens with zero attached hydrogens (tertiary/aromatic N) is 1. The van der Waals surface area contributed by atoms with E-state index in [1.807, 2.05) is 48.5 Å². The number of hydrogen-bond donors (Lipinski definition) is 5. The molecule has 3 fully saturated rings. The number of carbonyl (C=O) groups is 4. The lowest BCUT2D eigenvalue weighted by atomic mass is 9.47. The molecule has 12 nitrogen and oxygen atoms in total. The molecule has 0 unspecified atom stereocenters. The molecule has 0 bridgehead atoms. The van der Waals surface area contributed by atoms with Gasteiger partial charge in [0, 0.05) is 56.4 Å². The Hall–Kier alpha value is -6.83. The normalized spacial score (nSPS) is 22.9. The molecule has 10 atom stereocenters. The number of aliphatic hydroxyl groups is 1. The Labute approximate surface area is 536 Å². The van der Waals surface area contributed by atoms with E-state index in [2.05, 4.69) is 103 Å². The first-order valence-electron chi connectivity index (χ1n) is 34.0. The van der Waals surface area contributed by atoms with Crippen molar-refractivity contribution in [3.8, 4) is 5.75 Å². The average molecular weight is 1230 g/mol. The number of benzene rings is 5. The van der Waals surface area contributed by atoms with Crippen molar-refractivity contribution in [2.45, 2.75) is 187 Å². The van der Waals surface area contributed by atoms with Crippen LogP contribution >= 0.6 is 0 Å². The van der Waals surface area contributed by atoms with E-state index in [0.717, 1.165) is 70.9 Å². The van der Waals surface area contributed by atoms with Crippen molar-refractivity contribution in [1.29, 1.82) is 0 Å². The molecule has 5 aromatic carbocycles. The minimum atomic E-state index is -0.951. The van der Waals surface area contributed by atoms with E-state index in [-0.39, 0.29) is 55.8 Å². The van der Waals surface area contributed by atoms with Gasteiger partial charge in [0.25, 0.3) is 0 Å². The summed E-state index contributed by atoms with van der Waals surface area (Å²) in [5.41, 5.74) is 7.51. The molecular formula is C77H102FN5O7. The SMILES string of the molecule is COc1ccc(N(CCCC[C@H](NC(=O)C[C@H](Cc2ccc(F)cc2)NC(=O)CCC(=O)NCCCO[C@H]2CC[C@@]3(C)C(=CC[C@H]4[C@@H]5CC[C@H]([C@H](C)CCCC(C)C)[C@@]5(C)CC[C@@H]43)C2)C(=O)Nc2ccc(CO)cc2)C(c2ccccc2)c2ccccc2)cc1. The van der Waals surface area contributed by atoms with Gasteiger partial charge in [-0.05, 0) is 201 Å². The minimum absolute atomic E-state index is 0.0352. The molecule has 3 saturated carbocycles. The van der Waals surface area contributed by atoms with E-state index < -0.39 is 35.6 Å². The fraction of sp³-hybridized carbons (Fsp3) is 0.532. The molecule has 5 N–H and O–H groups in total. The van der Waals surface area contributed by atoms with Gasteiger partial charge in [-0.25, -0.2) is 4.39 Å². The summed E-state index contributed by atoms with van der Waals surface area (Å²) in [6.07, 6.45) is 19.0. The number of anilines is 2. The number of aliphatic hydroxyl groups excluding tert-OH is 1. The third-order valence-electron chi connectivity index (χ3n) is 21.2. The molecule has 0 spiro atoms. The summed E-state index contributed by atoms with van der Waals surface area (Å²) in [4.78, 5) is 57.7. The summed E-state index contributed by atoms with van der Waals surface area (Å²) < 4.78 is 26.1. The number of rotatable bonds is 32. The predicted molar refractivity (Wildman–Crippen MR) is 358 cm³/mol. The van der Waals surface area contributed by atoms with E-state index in [4.69, 9.17) is 9.47 Å². The van der Waals surface area contributed by atoms with Crippen LogP contribution in [0.1, 0.15) is 178 Å². The van der Waals surface area contributed by atoms with Gasteiger partial charge in [-0.1, -0.05) is 150 Å². The molecular weight excluding hydrogens is 1130 g/mol. The zero-order chi connectivity index (χ0) is 63.6. The van der Waals surface area contributed by atoms with Crippen LogP contribution in [0.4, 0.5) is 15.8 Å². The van der Waals surface area contributed by atoms with Crippen LogP contribution in [0.15, 0.2) is 145 Å². The zero-order valence-corrected chi connectivity index (χ0v) is 54.5. The molecule has 5 aromatic rings. The van der Waals surface area contributed by atoms with Crippen molar-refractivity contribution in [1.82, 2.24) is 16.0 Å². The number of amides is 4. The van der Waals surface area contributed by atoms with Crippen molar-refractivity contribution in [3.63, 3.8) is 0 Å². The van der Waals surface area contributed by atoms with Gasteiger partial charge in [-0.15, -0.1) is 0 Å². The highest BCUT2D eigenvalue weighted by Crippen LogP contribution is 2.67. The largest absolute Gasteiger partial charge is 0.497 e. The first-order valence-corrected chi connectivity index (χ1v) is 34.0. The monoisotopic (exact) mass is 1230 g/mol. The molecule has 0 saturated heterocycles. The van der Waals surface area contributed by atoms with E-state index in [1.165, 1.54) is 69.9 Å². The van der Waals surface area contributed by atoms with Gasteiger partial charge < -0.3 is 40.7 Å². The summed E-state index contributed by atoms with van der Waals surface area (Å²) in [5.74, 6) is 3.71. The third-order valence-corrected chi connectivity index (χ3v) is 21.2. The Morgan fingerprint density at radius 3 is 2.07 bits per heavy atom. The number of methoxy groups -OCH3 is 1. The van der Waals surface area contributed by atoms with E-state index in [9.17, 15) is 28.7 Å². The first kappa shape index (κ1) is 67.6. The van der Waals surface area contributed by atoms with Gasteiger partial charge in [0.2, 0.25) is 23.6 Å². The molecule has 0 aliphatic heterocycles. The van der Waals surface area contributed by atoms with Crippen LogP contribution in [-0.4, -0.2) is 73.7 Å². The molecule has 90 heavy (non-hydrogen) atoms. The van der Waals surface area contributed by atoms with Crippen molar-refractivity contribution in [3.05, 3.63) is 173 Å². The molecule has 4 aliphatic rings. The molecule has 484 valence electrons. The zero-order valence-electron chi connectivity index (χ0n) is 54.5. The Morgan fingerprint density at radius 2 is 1.39 bits per heavy atom. The summed E-state index contributed by atoms with van der Waals surface area (Å²) in [6.45, 7) is 14.0. The number of halogens is 1. The van der Waals surface area contributed by atoms with Crippen LogP contribution < -0.4 is 30.9 Å². The third kappa shape index (κ3) is 17.8. The van der Waals surface area contributed by atoms with Gasteiger partial charge in [0.15, 0.2) is 0 Å². The van der Waals surface area contributed by atoms with Crippen molar-refractivity contribution in [2.75, 3.05) is 37.0 Å². The number of hydrogen-bond acceptors (Lipinski definition) is 8. The van der Waals surface area contributed by atoms with Crippen molar-refractivity contribution < 1.29 is 38.1 Å². The molecule has 4 aliphatic carbocycles. The second kappa shape index (κ2) is 32.4. The van der Waals surface area contributed by atoms with Gasteiger partial charge in [-0.2, -0.15) is 0 Å². The van der Waals surface area contributed by atoms with Gasteiger partial charge in [-0.3, -0.25) is 19.2 Å². The molecule has 9 rings (SSSR count). The number of carbonyl (C=O) groups excluding carboxylic acids is 4. The second-order valence-electron chi connectivity index (χ2n) is 27.6. The minimum Gasteiger partial charge on any atom is -0.497 e. The van der Waals surface area contributed by atoms with Crippen LogP contribution in [0.2, 0.25) is 0 Å². The lowest BCUT2D eigenvalue weighted by Crippen LogP contribution is -2.51. The summed E-state index contributed by atoms with van der Waals surface area (Å²) in [7, 11) is 1.65. The number of nitrogens with one attached hydrogen (secondary N) is 4. The summed E-state index contributed by atoms with van der Waals surface area (Å²) in [5, 5.41) is 21.6. The highest BCUT2D eigenvalue weighted by molar-refractivity contribution is 5.97. The maximum Gasteiger partial charge on any atom is 0.246 e. The standard InChI is InChI=1S/C77H102FN5O7/c1-53(2)17-15-18-54(3)67-38-39-68-66-37-28-59-50-65(42-44-76(59,4)69(66)43-45-77(67,68)5)90-48-16-46-79-71(85)40-41-72(86)80-62(49-55-24-29-60(78)30-25-55)51-73(87)82-70(75(88)81-61-31-26-56(52-84)27-32-61)23-13-14-47-83(63-33-35-64(89-6)36-34-63)74(57-19-9-7-10-20-57)58-21-11-8-12-22-58/h7-12,19-22,24-36,53-54,62,65-70,74,84H,13-18,23,37-52H2,1-6H3,(H,79,85)(H,80,86)(H,81,88)(H,82,87)/t54-,62+,65+,66+,67-,68+,69+,70+,76+,77-/m1/s1. The molecule has 0 aromatic heterocycles. The maximum atomic E-state index is 14.3. The number of unbranched alkanes of at least 4 members (excludes halogenated alkanes) is 1. The van der Waals surface area contributed by atoms with Crippen LogP contribution in [0.25, 0.3) is 0 Å². The lowest BCUT2D eigenvalue weighted by molar-refractivity contribution is -0.128. The van der Waals surface area contributed by atoms with Crippen LogP contribution in [0.3, 0.4) is 0 Å². The maximum absolute atomic E-state index is 14.3. The van der Waals surface area contributed by atoms with Gasteiger partial charge >= 0.3 is 0 Å². The topological polar surface area (TPSA) is 158 Å². The number of ether oxygens (including phenoxy) is 2. The van der Waals surface area contributed by atoms with E-state index >= 15 is 0 Å². The number of fused-ring (bicyclic) bond motifs is 5. The fourth-order valence-electron chi connectivity index (χ4n) is 16.3. The fourth-order valence-corrected chi connectivity index (χ4v) is 16.3. The van der Waals surface area contributed by atoms with Crippen LogP contribution in [0, 0.1) is 52.2 Å². The van der Waals surface area contributed by atoms with Crippen molar-refractivity contribution in [2.24, 2.45) is 46.3 Å². The quantitative estimate of drug-likeness (QED) is 0.0210. The molecule has 0 heterocycles. The van der Waals surface area contributed by atoms with E-state index in [1.54, 1.807) is 49.1 Å². The Bertz CT molecular complexity index is 3070. The molecule has 13 heteroatoms. The van der Waals surface area contributed by atoms with Crippen molar-refractivity contribution >= 4 is 35.0 Å². The lowest BCUT2D eigenvalue weighted by Gasteiger charge is -2.58. The summed E-state index contributed by atoms with van der Waals surface area (Å²) in [6, 6.07) is 39.7. The summed E-state index contributed by atoms with van der Waals surface area (Å²) >= 11 is 0. The molecule has 4 amide bonds. The van der Waals surface area contributed by atoms with Crippen LogP contribution in [-0.2, 0) is 36.9 Å². The van der Waals surface area contributed by atoms with Crippen LogP contribution in [0.5, 0.6) is 5.75 Å². The Morgan fingerprint density at radius 1 is 0.700 bits per heavy atom. The first-order chi connectivity index (χ1) is 43.5. The highest BCUT2D eigenvalue weighted by atomic mass is 19.1.